The quantitative estimate of drug-likeness (QED) is 0.382. The SMILES string of the molecule is NNC1CCS([O-])([O-])C1. The second-order valence-electron chi connectivity index (χ2n) is 2.27. The molecule has 0 amide bonds. The Morgan fingerprint density at radius 2 is 2.22 bits per heavy atom. The number of sulfone groups is 1. The minimum Gasteiger partial charge on any atom is -0.800 e. The Morgan fingerprint density at radius 1 is 1.56 bits per heavy atom. The lowest BCUT2D eigenvalue weighted by atomic mass is 10.3. The molecule has 1 fully saturated rings. The predicted molar refractivity (Wildman–Crippen MR) is 34.6 cm³/mol. The first kappa shape index (κ1) is 7.30. The van der Waals surface area contributed by atoms with E-state index >= 15 is 0 Å². The van der Waals surface area contributed by atoms with Gasteiger partial charge in [0.15, 0.2) is 0 Å². The van der Waals surface area contributed by atoms with E-state index in [-0.39, 0.29) is 17.5 Å². The van der Waals surface area contributed by atoms with E-state index in [0.717, 1.165) is 0 Å². The zero-order valence-electron chi connectivity index (χ0n) is 5.00. The van der Waals surface area contributed by atoms with E-state index < -0.39 is 10.6 Å². The molecule has 1 heterocycles. The topological polar surface area (TPSA) is 84.2 Å². The molecule has 1 atom stereocenters. The smallest absolute Gasteiger partial charge is 0.0338 e. The highest BCUT2D eigenvalue weighted by molar-refractivity contribution is 8.24. The summed E-state index contributed by atoms with van der Waals surface area (Å²) in [6.07, 6.45) is 0.652. The molecule has 0 bridgehead atoms. The molecule has 0 saturated carbocycles. The van der Waals surface area contributed by atoms with E-state index in [0.29, 0.717) is 6.42 Å². The van der Waals surface area contributed by atoms with Gasteiger partial charge in [-0.2, -0.15) is 0 Å². The van der Waals surface area contributed by atoms with Crippen molar-refractivity contribution in [3.63, 3.8) is 0 Å². The first-order valence-electron chi connectivity index (χ1n) is 2.80. The summed E-state index contributed by atoms with van der Waals surface area (Å²) >= 11 is 0. The van der Waals surface area contributed by atoms with E-state index in [2.05, 4.69) is 5.43 Å². The van der Waals surface area contributed by atoms with E-state index in [1.807, 2.05) is 0 Å². The fourth-order valence-electron chi connectivity index (χ4n) is 0.926. The van der Waals surface area contributed by atoms with Crippen LogP contribution < -0.4 is 11.3 Å². The maximum atomic E-state index is 10.7. The summed E-state index contributed by atoms with van der Waals surface area (Å²) in [6, 6.07) is -0.0185. The van der Waals surface area contributed by atoms with Crippen molar-refractivity contribution in [2.75, 3.05) is 11.5 Å². The maximum Gasteiger partial charge on any atom is 0.0338 e. The summed E-state index contributed by atoms with van der Waals surface area (Å²) in [7, 11) is -2.75. The van der Waals surface area contributed by atoms with Gasteiger partial charge in [0.1, 0.15) is 0 Å². The summed E-state index contributed by atoms with van der Waals surface area (Å²) in [4.78, 5) is 0. The Bertz CT molecular complexity index is 109. The number of rotatable bonds is 1. The number of nitrogens with one attached hydrogen (secondary N) is 1. The van der Waals surface area contributed by atoms with Crippen molar-refractivity contribution in [3.8, 4) is 0 Å². The summed E-state index contributed by atoms with van der Waals surface area (Å²) in [5.74, 6) is 5.52. The van der Waals surface area contributed by atoms with Gasteiger partial charge in [-0.3, -0.25) is 11.3 Å². The summed E-state index contributed by atoms with van der Waals surface area (Å²) < 4.78 is 21.4. The second-order valence-corrected chi connectivity index (χ2v) is 4.50. The van der Waals surface area contributed by atoms with Crippen LogP contribution in [-0.4, -0.2) is 26.7 Å². The summed E-state index contributed by atoms with van der Waals surface area (Å²) in [5, 5.41) is 0. The molecule has 4 nitrogen and oxygen atoms in total. The molecule has 0 aromatic rings. The molecule has 0 aromatic heterocycles. The third-order valence-corrected chi connectivity index (χ3v) is 3.24. The molecule has 1 saturated heterocycles. The van der Waals surface area contributed by atoms with Gasteiger partial charge in [-0.1, -0.05) is 0 Å². The molecular formula is C4H10N2O2S-2. The zero-order chi connectivity index (χ0) is 6.91. The highest BCUT2D eigenvalue weighted by Gasteiger charge is 2.15. The van der Waals surface area contributed by atoms with Gasteiger partial charge in [0.25, 0.3) is 0 Å². The van der Waals surface area contributed by atoms with Crippen LogP contribution in [0.5, 0.6) is 0 Å². The van der Waals surface area contributed by atoms with Gasteiger partial charge in [-0.15, -0.1) is 0 Å². The Hall–Kier alpha value is 0.190. The minimum absolute atomic E-state index is 0.0185. The molecule has 1 rings (SSSR count). The van der Waals surface area contributed by atoms with Crippen LogP contribution in [0.1, 0.15) is 6.42 Å². The zero-order valence-corrected chi connectivity index (χ0v) is 5.82. The second kappa shape index (κ2) is 2.43. The molecule has 1 aliphatic heterocycles. The molecule has 3 N–H and O–H groups in total. The van der Waals surface area contributed by atoms with Gasteiger partial charge >= 0.3 is 0 Å². The minimum atomic E-state index is -2.75. The first-order chi connectivity index (χ1) is 4.14. The maximum absolute atomic E-state index is 10.7. The number of hydrazine groups is 1. The molecule has 1 unspecified atom stereocenters. The number of nitrogens with two attached hydrogens (primary N) is 1. The standard InChI is InChI=1S/C4H12N2O2S/c5-6-4-1-2-9(7,8)3-4/h4,6-8H,1-3,5H2/p-2. The Labute approximate surface area is 55.8 Å². The lowest BCUT2D eigenvalue weighted by molar-refractivity contribution is 0.450. The van der Waals surface area contributed by atoms with Crippen LogP contribution in [0.15, 0.2) is 0 Å². The molecule has 9 heavy (non-hydrogen) atoms. The van der Waals surface area contributed by atoms with Gasteiger partial charge in [0, 0.05) is 6.04 Å². The number of hydrogen-bond donors (Lipinski definition) is 2. The molecule has 0 radical (unpaired) electrons. The van der Waals surface area contributed by atoms with Gasteiger partial charge in [-0.05, 0) is 17.9 Å². The highest BCUT2D eigenvalue weighted by atomic mass is 32.3. The van der Waals surface area contributed by atoms with Gasteiger partial charge in [-0.25, -0.2) is 0 Å². The van der Waals surface area contributed by atoms with Crippen LogP contribution >= 0.6 is 10.6 Å². The number of hydrogen-bond acceptors (Lipinski definition) is 4. The fraction of sp³-hybridized carbons (Fsp3) is 1.00. The van der Waals surface area contributed by atoms with Crippen molar-refractivity contribution in [3.05, 3.63) is 0 Å². The van der Waals surface area contributed by atoms with Crippen molar-refractivity contribution in [2.24, 2.45) is 5.84 Å². The molecule has 56 valence electrons. The highest BCUT2D eigenvalue weighted by Crippen LogP contribution is 2.44. The third-order valence-electron chi connectivity index (χ3n) is 1.47. The van der Waals surface area contributed by atoms with Crippen LogP contribution in [0.2, 0.25) is 0 Å². The Morgan fingerprint density at radius 3 is 2.44 bits per heavy atom. The molecule has 5 heteroatoms. The van der Waals surface area contributed by atoms with E-state index in [1.165, 1.54) is 0 Å². The van der Waals surface area contributed by atoms with E-state index in [9.17, 15) is 9.11 Å². The van der Waals surface area contributed by atoms with E-state index in [1.54, 1.807) is 0 Å². The summed E-state index contributed by atoms with van der Waals surface area (Å²) in [6.45, 7) is 0. The lowest BCUT2D eigenvalue weighted by Crippen LogP contribution is -2.35. The fourth-order valence-corrected chi connectivity index (χ4v) is 2.61. The normalized spacial score (nSPS) is 36.6. The largest absolute Gasteiger partial charge is 0.800 e. The predicted octanol–water partition coefficient (Wildman–Crippen LogP) is -0.713. The van der Waals surface area contributed by atoms with Crippen LogP contribution in [-0.2, 0) is 0 Å². The van der Waals surface area contributed by atoms with Crippen molar-refractivity contribution in [1.29, 1.82) is 0 Å². The molecule has 0 aromatic carbocycles. The van der Waals surface area contributed by atoms with Gasteiger partial charge < -0.3 is 19.7 Å². The van der Waals surface area contributed by atoms with E-state index in [4.69, 9.17) is 5.84 Å². The van der Waals surface area contributed by atoms with Crippen LogP contribution in [0.25, 0.3) is 0 Å². The van der Waals surface area contributed by atoms with Crippen LogP contribution in [0.4, 0.5) is 0 Å². The average Bonchev–Trinajstić information content (AvgIpc) is 2.10. The van der Waals surface area contributed by atoms with Gasteiger partial charge in [0.05, 0.1) is 0 Å². The average molecular weight is 150 g/mol. The van der Waals surface area contributed by atoms with Gasteiger partial charge in [0.2, 0.25) is 0 Å². The van der Waals surface area contributed by atoms with Crippen molar-refractivity contribution in [1.82, 2.24) is 5.43 Å². The summed E-state index contributed by atoms with van der Waals surface area (Å²) in [5.41, 5.74) is 2.44. The van der Waals surface area contributed by atoms with Crippen molar-refractivity contribution >= 4 is 10.6 Å². The molecule has 0 aliphatic carbocycles. The molecule has 1 aliphatic rings. The van der Waals surface area contributed by atoms with Crippen molar-refractivity contribution < 1.29 is 9.11 Å². The van der Waals surface area contributed by atoms with Crippen LogP contribution in [0, 0.1) is 0 Å². The van der Waals surface area contributed by atoms with Crippen molar-refractivity contribution in [2.45, 2.75) is 12.5 Å². The lowest BCUT2D eigenvalue weighted by Gasteiger charge is -2.56. The molecule has 0 spiro atoms. The monoisotopic (exact) mass is 150 g/mol. The molecular weight excluding hydrogens is 140 g/mol. The Balaban J connectivity index is 2.38. The van der Waals surface area contributed by atoms with Crippen LogP contribution in [0.3, 0.4) is 0 Å². The first-order valence-corrected chi connectivity index (χ1v) is 4.63. The third kappa shape index (κ3) is 1.80. The Kier molecular flexibility index (Phi) is 1.97.